The van der Waals surface area contributed by atoms with Crippen molar-refractivity contribution in [2.75, 3.05) is 18.5 Å². The maximum Gasteiger partial charge on any atom is 0.413 e. The number of carboxylic acids is 1. The number of anilines is 1. The number of carbonyl (C=O) groups excluding carboxylic acids is 2. The van der Waals surface area contributed by atoms with Gasteiger partial charge >= 0.3 is 12.1 Å². The van der Waals surface area contributed by atoms with Crippen molar-refractivity contribution in [3.63, 3.8) is 0 Å². The lowest BCUT2D eigenvalue weighted by Gasteiger charge is -2.19. The van der Waals surface area contributed by atoms with Crippen LogP contribution in [0.5, 0.6) is 0 Å². The minimum atomic E-state index is -1.18. The normalized spacial score (nSPS) is 18.9. The van der Waals surface area contributed by atoms with Gasteiger partial charge in [-0.25, -0.2) is 14.6 Å². The predicted octanol–water partition coefficient (Wildman–Crippen LogP) is 3.16. The number of aliphatic carboxylic acids is 1. The average Bonchev–Trinajstić information content (AvgIpc) is 3.53. The number of β-amino-alcohol motifs (C(OH)–C–C–N with tert-alkyl or cyclic N) is 1. The van der Waals surface area contributed by atoms with Crippen LogP contribution in [0.25, 0.3) is 11.1 Å². The molecular formula is C24H21N3O6S. The summed E-state index contributed by atoms with van der Waals surface area (Å²) in [5, 5.41) is 23.2. The molecule has 1 saturated heterocycles. The summed E-state index contributed by atoms with van der Waals surface area (Å²) in [5.74, 6) is -1.88. The molecule has 174 valence electrons. The van der Waals surface area contributed by atoms with E-state index in [1.165, 1.54) is 5.38 Å². The van der Waals surface area contributed by atoms with Crippen LogP contribution in [0.2, 0.25) is 0 Å². The molecule has 0 unspecified atom stereocenters. The van der Waals surface area contributed by atoms with Crippen LogP contribution in [-0.4, -0.2) is 63.4 Å². The quantitative estimate of drug-likeness (QED) is 0.513. The molecule has 2 aromatic carbocycles. The molecule has 3 aromatic rings. The zero-order chi connectivity index (χ0) is 23.8. The third-order valence-electron chi connectivity index (χ3n) is 6.10. The number of fused-ring (bicyclic) bond motifs is 3. The molecular weight excluding hydrogens is 458 g/mol. The molecule has 0 bridgehead atoms. The molecule has 0 radical (unpaired) electrons. The lowest BCUT2D eigenvalue weighted by Crippen LogP contribution is -2.40. The van der Waals surface area contributed by atoms with Crippen molar-refractivity contribution in [3.8, 4) is 11.1 Å². The summed E-state index contributed by atoms with van der Waals surface area (Å²) in [5.41, 5.74) is 4.45. The molecule has 10 heteroatoms. The molecule has 34 heavy (non-hydrogen) atoms. The van der Waals surface area contributed by atoms with Crippen LogP contribution in [0.15, 0.2) is 53.9 Å². The second kappa shape index (κ2) is 8.88. The van der Waals surface area contributed by atoms with E-state index in [0.717, 1.165) is 38.5 Å². The number of aliphatic hydroxyl groups is 1. The molecule has 1 aliphatic carbocycles. The molecule has 9 nitrogen and oxygen atoms in total. The van der Waals surface area contributed by atoms with E-state index in [0.29, 0.717) is 0 Å². The van der Waals surface area contributed by atoms with Gasteiger partial charge in [0.25, 0.3) is 5.91 Å². The highest BCUT2D eigenvalue weighted by atomic mass is 32.1. The average molecular weight is 480 g/mol. The van der Waals surface area contributed by atoms with E-state index in [1.54, 1.807) is 0 Å². The molecule has 3 N–H and O–H groups in total. The number of ether oxygens (including phenoxy) is 1. The highest BCUT2D eigenvalue weighted by molar-refractivity contribution is 7.14. The summed E-state index contributed by atoms with van der Waals surface area (Å²) >= 11 is 1.03. The SMILES string of the molecule is O=C(Nc1nc(C(=O)N2C[C@H](O)C[C@@H]2C(=O)O)cs1)OCC1c2ccccc2-c2ccccc21. The first-order valence-electron chi connectivity index (χ1n) is 10.7. The second-order valence-corrected chi connectivity index (χ2v) is 9.05. The number of nitrogens with one attached hydrogen (secondary N) is 1. The molecule has 1 fully saturated rings. The monoisotopic (exact) mass is 479 g/mol. The van der Waals surface area contributed by atoms with Crippen molar-refractivity contribution < 1.29 is 29.3 Å². The number of aromatic nitrogens is 1. The number of hydrogen-bond donors (Lipinski definition) is 3. The molecule has 5 rings (SSSR count). The predicted molar refractivity (Wildman–Crippen MR) is 124 cm³/mol. The van der Waals surface area contributed by atoms with Crippen LogP contribution in [0.4, 0.5) is 9.93 Å². The summed E-state index contributed by atoms with van der Waals surface area (Å²) in [6.45, 7) is 0.0610. The minimum absolute atomic E-state index is 0.000650. The molecule has 2 heterocycles. The number of carboxylic acid groups (broad SMARTS) is 1. The van der Waals surface area contributed by atoms with Gasteiger partial charge in [-0.3, -0.25) is 10.1 Å². The van der Waals surface area contributed by atoms with Gasteiger partial charge < -0.3 is 19.8 Å². The fourth-order valence-corrected chi connectivity index (χ4v) is 5.24. The summed E-state index contributed by atoms with van der Waals surface area (Å²) in [6.07, 6.45) is -1.63. The van der Waals surface area contributed by atoms with Crippen LogP contribution in [-0.2, 0) is 9.53 Å². The Kier molecular flexibility index (Phi) is 5.76. The van der Waals surface area contributed by atoms with Crippen LogP contribution in [0.1, 0.15) is 34.0 Å². The first-order valence-corrected chi connectivity index (χ1v) is 11.6. The maximum atomic E-state index is 12.7. The Morgan fingerprint density at radius 2 is 1.74 bits per heavy atom. The first-order chi connectivity index (χ1) is 16.4. The van der Waals surface area contributed by atoms with Gasteiger partial charge in [0, 0.05) is 24.3 Å². The van der Waals surface area contributed by atoms with Crippen molar-refractivity contribution in [1.82, 2.24) is 9.88 Å². The van der Waals surface area contributed by atoms with Gasteiger partial charge in [-0.2, -0.15) is 0 Å². The largest absolute Gasteiger partial charge is 0.480 e. The number of amides is 2. The number of hydrogen-bond acceptors (Lipinski definition) is 7. The molecule has 1 aromatic heterocycles. The van der Waals surface area contributed by atoms with Gasteiger partial charge in [0.1, 0.15) is 18.3 Å². The Morgan fingerprint density at radius 1 is 1.09 bits per heavy atom. The van der Waals surface area contributed by atoms with Crippen LogP contribution in [0.3, 0.4) is 0 Å². The molecule has 0 saturated carbocycles. The van der Waals surface area contributed by atoms with Gasteiger partial charge in [0.05, 0.1) is 6.10 Å². The number of carbonyl (C=O) groups is 3. The first kappa shape index (κ1) is 22.1. The number of thiazole rings is 1. The van der Waals surface area contributed by atoms with E-state index in [1.807, 2.05) is 36.4 Å². The summed E-state index contributed by atoms with van der Waals surface area (Å²) in [7, 11) is 0. The molecule has 2 aliphatic rings. The number of nitrogens with zero attached hydrogens (tertiary/aromatic N) is 2. The molecule has 0 spiro atoms. The molecule has 2 atom stereocenters. The van der Waals surface area contributed by atoms with Gasteiger partial charge in [0.15, 0.2) is 5.13 Å². The lowest BCUT2D eigenvalue weighted by atomic mass is 9.98. The Bertz CT molecular complexity index is 1230. The van der Waals surface area contributed by atoms with Gasteiger partial charge in [-0.05, 0) is 22.3 Å². The zero-order valence-corrected chi connectivity index (χ0v) is 18.7. The second-order valence-electron chi connectivity index (χ2n) is 8.19. The van der Waals surface area contributed by atoms with E-state index in [9.17, 15) is 24.6 Å². The van der Waals surface area contributed by atoms with Crippen molar-refractivity contribution in [3.05, 3.63) is 70.7 Å². The summed E-state index contributed by atoms with van der Waals surface area (Å²) in [6, 6.07) is 14.9. The van der Waals surface area contributed by atoms with E-state index in [-0.39, 0.29) is 36.3 Å². The fraction of sp³-hybridized carbons (Fsp3) is 0.250. The van der Waals surface area contributed by atoms with Crippen LogP contribution < -0.4 is 5.32 Å². The van der Waals surface area contributed by atoms with Crippen molar-refractivity contribution in [2.24, 2.45) is 0 Å². The number of rotatable bonds is 5. The highest BCUT2D eigenvalue weighted by Crippen LogP contribution is 2.44. The minimum Gasteiger partial charge on any atom is -0.480 e. The number of benzene rings is 2. The fourth-order valence-electron chi connectivity index (χ4n) is 4.57. The van der Waals surface area contributed by atoms with Crippen molar-refractivity contribution >= 4 is 34.4 Å². The number of likely N-dealkylation sites (tertiary alicyclic amines) is 1. The Hall–Kier alpha value is -3.76. The topological polar surface area (TPSA) is 129 Å². The smallest absolute Gasteiger partial charge is 0.413 e. The Morgan fingerprint density at radius 3 is 2.38 bits per heavy atom. The highest BCUT2D eigenvalue weighted by Gasteiger charge is 2.40. The Labute approximate surface area is 198 Å². The number of aliphatic hydroxyl groups excluding tert-OH is 1. The molecule has 1 aliphatic heterocycles. The van der Waals surface area contributed by atoms with Gasteiger partial charge in [0.2, 0.25) is 0 Å². The lowest BCUT2D eigenvalue weighted by molar-refractivity contribution is -0.141. The van der Waals surface area contributed by atoms with E-state index >= 15 is 0 Å². The van der Waals surface area contributed by atoms with Gasteiger partial charge in [-0.15, -0.1) is 11.3 Å². The zero-order valence-electron chi connectivity index (χ0n) is 17.9. The van der Waals surface area contributed by atoms with Crippen LogP contribution >= 0.6 is 11.3 Å². The van der Waals surface area contributed by atoms with Crippen molar-refractivity contribution in [1.29, 1.82) is 0 Å². The third kappa shape index (κ3) is 4.02. The van der Waals surface area contributed by atoms with Crippen molar-refractivity contribution in [2.45, 2.75) is 24.5 Å². The van der Waals surface area contributed by atoms with Crippen LogP contribution in [0, 0.1) is 0 Å². The van der Waals surface area contributed by atoms with Gasteiger partial charge in [-0.1, -0.05) is 48.5 Å². The summed E-state index contributed by atoms with van der Waals surface area (Å²) in [4.78, 5) is 41.7. The van der Waals surface area contributed by atoms with E-state index in [4.69, 9.17) is 4.74 Å². The maximum absolute atomic E-state index is 12.7. The van der Waals surface area contributed by atoms with E-state index in [2.05, 4.69) is 22.4 Å². The standard InChI is InChI=1S/C24H21N3O6S/c28-13-9-20(22(30)31)27(10-13)21(29)19-12-34-23(25-19)26-24(32)33-11-18-16-7-3-1-5-14(16)15-6-2-4-8-17(15)18/h1-8,12-13,18,20,28H,9-11H2,(H,30,31)(H,25,26,32)/t13-,20-/m1/s1. The molecule has 2 amide bonds. The summed E-state index contributed by atoms with van der Waals surface area (Å²) < 4.78 is 5.49. The Balaban J connectivity index is 1.23. The van der Waals surface area contributed by atoms with E-state index < -0.39 is 30.1 Å². The third-order valence-corrected chi connectivity index (χ3v) is 6.86.